The minimum absolute atomic E-state index is 0.145. The fraction of sp³-hybridized carbons (Fsp3) is 0.632. The molecule has 1 unspecified atom stereocenters. The van der Waals surface area contributed by atoms with Crippen LogP contribution in [0, 0.1) is 12.8 Å². The molecule has 1 saturated carbocycles. The number of hydrogen-bond acceptors (Lipinski definition) is 3. The minimum atomic E-state index is 0.145. The van der Waals surface area contributed by atoms with Gasteiger partial charge in [-0.05, 0) is 37.7 Å². The molecule has 134 valence electrons. The number of aryl methyl sites for hydroxylation is 3. The van der Waals surface area contributed by atoms with E-state index in [9.17, 15) is 4.79 Å². The van der Waals surface area contributed by atoms with E-state index in [1.54, 1.807) is 0 Å². The lowest BCUT2D eigenvalue weighted by atomic mass is 9.95. The van der Waals surface area contributed by atoms with Gasteiger partial charge in [-0.1, -0.05) is 12.8 Å². The highest BCUT2D eigenvalue weighted by Gasteiger charge is 2.37. The predicted octanol–water partition coefficient (Wildman–Crippen LogP) is 2.94. The molecule has 2 aromatic heterocycles. The van der Waals surface area contributed by atoms with Crippen molar-refractivity contribution in [1.29, 1.82) is 0 Å². The lowest BCUT2D eigenvalue weighted by molar-refractivity contribution is -0.135. The Labute approximate surface area is 148 Å². The van der Waals surface area contributed by atoms with Gasteiger partial charge >= 0.3 is 0 Å². The molecule has 0 aromatic carbocycles. The Balaban J connectivity index is 1.54. The number of hydrogen-bond donors (Lipinski definition) is 0. The van der Waals surface area contributed by atoms with E-state index in [0.29, 0.717) is 18.9 Å². The molecule has 1 fully saturated rings. The van der Waals surface area contributed by atoms with Gasteiger partial charge in [-0.25, -0.2) is 4.98 Å². The topological polar surface area (TPSA) is 56.0 Å². The summed E-state index contributed by atoms with van der Waals surface area (Å²) in [6.07, 6.45) is 14.3. The van der Waals surface area contributed by atoms with Gasteiger partial charge in [0.05, 0.1) is 12.2 Å². The number of nitrogens with zero attached hydrogens (tertiary/aromatic N) is 5. The van der Waals surface area contributed by atoms with Crippen LogP contribution in [0.1, 0.15) is 56.0 Å². The summed E-state index contributed by atoms with van der Waals surface area (Å²) in [6.45, 7) is 4.47. The van der Waals surface area contributed by atoms with Crippen LogP contribution in [0.2, 0.25) is 0 Å². The lowest BCUT2D eigenvalue weighted by Gasteiger charge is -2.33. The maximum atomic E-state index is 13.1. The first-order chi connectivity index (χ1) is 12.2. The quantitative estimate of drug-likeness (QED) is 0.859. The van der Waals surface area contributed by atoms with Gasteiger partial charge in [-0.2, -0.15) is 5.10 Å². The number of amides is 1. The first-order valence-electron chi connectivity index (χ1n) is 9.52. The van der Waals surface area contributed by atoms with E-state index >= 15 is 0 Å². The molecule has 6 nitrogen and oxygen atoms in total. The summed E-state index contributed by atoms with van der Waals surface area (Å²) in [5.41, 5.74) is 1.13. The number of imidazole rings is 1. The van der Waals surface area contributed by atoms with Crippen molar-refractivity contribution in [3.63, 3.8) is 0 Å². The molecular formula is C19H27N5O. The fourth-order valence-corrected chi connectivity index (χ4v) is 4.43. The van der Waals surface area contributed by atoms with Crippen molar-refractivity contribution >= 4 is 5.91 Å². The van der Waals surface area contributed by atoms with Crippen molar-refractivity contribution in [1.82, 2.24) is 24.2 Å². The Bertz CT molecular complexity index is 728. The second kappa shape index (κ2) is 7.02. The third kappa shape index (κ3) is 3.34. The van der Waals surface area contributed by atoms with Crippen LogP contribution in [0.15, 0.2) is 24.8 Å². The molecule has 4 rings (SSSR count). The molecule has 0 radical (unpaired) electrons. The highest BCUT2D eigenvalue weighted by atomic mass is 16.2. The number of rotatable bonds is 4. The van der Waals surface area contributed by atoms with Crippen molar-refractivity contribution < 1.29 is 4.79 Å². The first-order valence-corrected chi connectivity index (χ1v) is 9.52. The van der Waals surface area contributed by atoms with Crippen LogP contribution in [0.5, 0.6) is 0 Å². The summed E-state index contributed by atoms with van der Waals surface area (Å²) in [4.78, 5) is 19.8. The summed E-state index contributed by atoms with van der Waals surface area (Å²) >= 11 is 0. The van der Waals surface area contributed by atoms with Crippen LogP contribution in [0.4, 0.5) is 0 Å². The van der Waals surface area contributed by atoms with Gasteiger partial charge in [-0.15, -0.1) is 0 Å². The zero-order valence-electron chi connectivity index (χ0n) is 15.0. The van der Waals surface area contributed by atoms with E-state index < -0.39 is 0 Å². The molecule has 2 aliphatic rings. The van der Waals surface area contributed by atoms with E-state index in [-0.39, 0.29) is 11.9 Å². The summed E-state index contributed by atoms with van der Waals surface area (Å²) in [5, 5.41) is 4.31. The monoisotopic (exact) mass is 341 g/mol. The predicted molar refractivity (Wildman–Crippen MR) is 94.8 cm³/mol. The van der Waals surface area contributed by atoms with Crippen LogP contribution in [-0.2, 0) is 17.9 Å². The Morgan fingerprint density at radius 2 is 2.08 bits per heavy atom. The average molecular weight is 341 g/mol. The van der Waals surface area contributed by atoms with Crippen molar-refractivity contribution in [3.8, 4) is 0 Å². The number of carbonyl (C=O) groups is 1. The molecule has 0 spiro atoms. The minimum Gasteiger partial charge on any atom is -0.333 e. The summed E-state index contributed by atoms with van der Waals surface area (Å²) < 4.78 is 4.13. The van der Waals surface area contributed by atoms with Gasteiger partial charge in [0.15, 0.2) is 0 Å². The molecule has 25 heavy (non-hydrogen) atoms. The summed E-state index contributed by atoms with van der Waals surface area (Å²) in [6, 6.07) is 0.145. The molecule has 2 aromatic rings. The van der Waals surface area contributed by atoms with Crippen molar-refractivity contribution in [2.75, 3.05) is 6.54 Å². The Kier molecular flexibility index (Phi) is 4.59. The van der Waals surface area contributed by atoms with Crippen molar-refractivity contribution in [2.24, 2.45) is 5.92 Å². The maximum Gasteiger partial charge on any atom is 0.225 e. The van der Waals surface area contributed by atoms with Gasteiger partial charge in [-0.3, -0.25) is 9.48 Å². The number of carbonyl (C=O) groups excluding carboxylic acids is 1. The molecule has 3 heterocycles. The zero-order chi connectivity index (χ0) is 17.2. The normalized spacial score (nSPS) is 21.3. The Morgan fingerprint density at radius 3 is 2.84 bits per heavy atom. The van der Waals surface area contributed by atoms with Gasteiger partial charge in [0.1, 0.15) is 5.82 Å². The molecular weight excluding hydrogens is 314 g/mol. The third-order valence-corrected chi connectivity index (χ3v) is 5.63. The Morgan fingerprint density at radius 1 is 1.24 bits per heavy atom. The van der Waals surface area contributed by atoms with Crippen molar-refractivity contribution in [2.45, 2.75) is 64.6 Å². The molecule has 1 aliphatic carbocycles. The van der Waals surface area contributed by atoms with Crippen LogP contribution < -0.4 is 0 Å². The average Bonchev–Trinajstić information content (AvgIpc) is 3.34. The van der Waals surface area contributed by atoms with Crippen LogP contribution in [0.3, 0.4) is 0 Å². The van der Waals surface area contributed by atoms with Gasteiger partial charge in [0.25, 0.3) is 0 Å². The lowest BCUT2D eigenvalue weighted by Crippen LogP contribution is -2.39. The molecule has 0 saturated heterocycles. The summed E-state index contributed by atoms with van der Waals surface area (Å²) in [5.74, 6) is 1.88. The van der Waals surface area contributed by atoms with Crippen LogP contribution in [-0.4, -0.2) is 36.7 Å². The summed E-state index contributed by atoms with van der Waals surface area (Å²) in [7, 11) is 0. The Hall–Kier alpha value is -2.11. The highest BCUT2D eigenvalue weighted by molar-refractivity contribution is 5.76. The van der Waals surface area contributed by atoms with Gasteiger partial charge in [0, 0.05) is 44.6 Å². The molecule has 1 aliphatic heterocycles. The number of fused-ring (bicyclic) bond motifs is 1. The fourth-order valence-electron chi connectivity index (χ4n) is 4.43. The highest BCUT2D eigenvalue weighted by Crippen LogP contribution is 2.40. The van der Waals surface area contributed by atoms with Gasteiger partial charge in [0.2, 0.25) is 5.91 Å². The van der Waals surface area contributed by atoms with E-state index in [4.69, 9.17) is 0 Å². The largest absolute Gasteiger partial charge is 0.333 e. The van der Waals surface area contributed by atoms with Crippen molar-refractivity contribution in [3.05, 3.63) is 36.2 Å². The zero-order valence-corrected chi connectivity index (χ0v) is 15.0. The smallest absolute Gasteiger partial charge is 0.225 e. The van der Waals surface area contributed by atoms with E-state index in [1.807, 2.05) is 30.2 Å². The standard InChI is InChI=1S/C19H27N5O/c1-15-13-21-23(14-15)11-7-17(25)24-10-4-9-22-12-8-20-19(22)18(24)16-5-2-3-6-16/h8,12-14,16,18H,2-7,9-11H2,1H3. The molecule has 1 amide bonds. The van der Waals surface area contributed by atoms with E-state index in [1.165, 1.54) is 25.7 Å². The van der Waals surface area contributed by atoms with E-state index in [0.717, 1.165) is 30.9 Å². The van der Waals surface area contributed by atoms with Crippen LogP contribution in [0.25, 0.3) is 0 Å². The SMILES string of the molecule is Cc1cnn(CCC(=O)N2CCCn3ccnc3C2C2CCCC2)c1. The maximum absolute atomic E-state index is 13.1. The molecule has 0 bridgehead atoms. The second-order valence-electron chi connectivity index (χ2n) is 7.44. The van der Waals surface area contributed by atoms with E-state index in [2.05, 4.69) is 25.7 Å². The van der Waals surface area contributed by atoms with Gasteiger partial charge < -0.3 is 9.47 Å². The third-order valence-electron chi connectivity index (χ3n) is 5.63. The van der Waals surface area contributed by atoms with Crippen LogP contribution >= 0.6 is 0 Å². The molecule has 6 heteroatoms. The molecule has 1 atom stereocenters. The number of aromatic nitrogens is 4. The second-order valence-corrected chi connectivity index (χ2v) is 7.44. The first kappa shape index (κ1) is 16.4. The molecule has 0 N–H and O–H groups in total.